The topological polar surface area (TPSA) is 77.2 Å². The predicted molar refractivity (Wildman–Crippen MR) is 96.9 cm³/mol. The number of fused-ring (bicyclic) bond motifs is 1. The summed E-state index contributed by atoms with van der Waals surface area (Å²) < 4.78 is 24.4. The second-order valence-electron chi connectivity index (χ2n) is 6.99. The van der Waals surface area contributed by atoms with Crippen LogP contribution in [0.5, 0.6) is 0 Å². The summed E-state index contributed by atoms with van der Waals surface area (Å²) >= 11 is 0. The number of aromatic nitrogens is 2. The molecule has 3 heterocycles. The molecule has 0 radical (unpaired) electrons. The molecular formula is C20H20FN3O3. The number of hydrogen-bond acceptors (Lipinski definition) is 5. The number of nitrogens with zero attached hydrogens (tertiary/aromatic N) is 2. The highest BCUT2D eigenvalue weighted by atomic mass is 19.1. The number of benzene rings is 1. The first-order chi connectivity index (χ1) is 13.0. The minimum atomic E-state index is -0.376. The number of ether oxygens (including phenoxy) is 1. The number of aryl methyl sites for hydroxylation is 2. The van der Waals surface area contributed by atoms with E-state index in [0.717, 1.165) is 11.5 Å². The van der Waals surface area contributed by atoms with Gasteiger partial charge in [0.15, 0.2) is 0 Å². The van der Waals surface area contributed by atoms with E-state index in [2.05, 4.69) is 15.5 Å². The van der Waals surface area contributed by atoms with E-state index >= 15 is 0 Å². The maximum absolute atomic E-state index is 13.5. The Balaban J connectivity index is 1.55. The maximum Gasteiger partial charge on any atom is 0.252 e. The van der Waals surface area contributed by atoms with Crippen molar-refractivity contribution >= 4 is 16.8 Å². The summed E-state index contributed by atoms with van der Waals surface area (Å²) in [4.78, 5) is 17.3. The van der Waals surface area contributed by atoms with Crippen LogP contribution in [0.3, 0.4) is 0 Å². The zero-order chi connectivity index (χ0) is 19.0. The first-order valence-electron chi connectivity index (χ1n) is 8.87. The van der Waals surface area contributed by atoms with Gasteiger partial charge in [-0.15, -0.1) is 0 Å². The molecular weight excluding hydrogens is 349 g/mol. The van der Waals surface area contributed by atoms with E-state index in [1.165, 1.54) is 12.1 Å². The molecule has 1 saturated heterocycles. The molecule has 4 rings (SSSR count). The number of rotatable bonds is 4. The average Bonchev–Trinajstić information content (AvgIpc) is 3.23. The Labute approximate surface area is 155 Å². The Morgan fingerprint density at radius 2 is 2.07 bits per heavy atom. The van der Waals surface area contributed by atoms with Gasteiger partial charge in [0.05, 0.1) is 36.0 Å². The van der Waals surface area contributed by atoms with E-state index in [-0.39, 0.29) is 23.7 Å². The van der Waals surface area contributed by atoms with E-state index in [1.54, 1.807) is 19.1 Å². The molecule has 2 atom stereocenters. The second kappa shape index (κ2) is 7.08. The van der Waals surface area contributed by atoms with Gasteiger partial charge in [0, 0.05) is 35.6 Å². The van der Waals surface area contributed by atoms with Gasteiger partial charge < -0.3 is 14.6 Å². The van der Waals surface area contributed by atoms with Crippen LogP contribution in [0.15, 0.2) is 34.9 Å². The molecule has 140 valence electrons. The van der Waals surface area contributed by atoms with Gasteiger partial charge in [-0.2, -0.15) is 0 Å². The molecule has 1 aliphatic heterocycles. The minimum absolute atomic E-state index is 0.105. The largest absolute Gasteiger partial charge is 0.379 e. The first kappa shape index (κ1) is 17.6. The molecule has 1 aliphatic rings. The van der Waals surface area contributed by atoms with Crippen molar-refractivity contribution in [2.45, 2.75) is 26.3 Å². The molecule has 0 unspecified atom stereocenters. The summed E-state index contributed by atoms with van der Waals surface area (Å²) in [7, 11) is 0. The van der Waals surface area contributed by atoms with E-state index in [1.807, 2.05) is 13.0 Å². The highest BCUT2D eigenvalue weighted by molar-refractivity contribution is 6.06. The molecule has 27 heavy (non-hydrogen) atoms. The maximum atomic E-state index is 13.5. The van der Waals surface area contributed by atoms with Gasteiger partial charge in [0.2, 0.25) is 0 Å². The van der Waals surface area contributed by atoms with Crippen molar-refractivity contribution in [2.24, 2.45) is 5.92 Å². The van der Waals surface area contributed by atoms with Gasteiger partial charge >= 0.3 is 0 Å². The summed E-state index contributed by atoms with van der Waals surface area (Å²) in [5.74, 6) is 0.292. The van der Waals surface area contributed by atoms with Crippen LogP contribution in [-0.4, -0.2) is 35.3 Å². The Bertz CT molecular complexity index is 996. The molecule has 7 heteroatoms. The van der Waals surface area contributed by atoms with Crippen molar-refractivity contribution in [3.05, 3.63) is 58.9 Å². The van der Waals surface area contributed by atoms with Crippen LogP contribution in [-0.2, 0) is 11.2 Å². The molecule has 1 amide bonds. The normalized spacial score (nSPS) is 19.5. The molecule has 6 nitrogen and oxygen atoms in total. The zero-order valence-electron chi connectivity index (χ0n) is 15.2. The molecule has 0 spiro atoms. The number of carbonyl (C=O) groups excluding carboxylic acids is 1. The number of amides is 1. The van der Waals surface area contributed by atoms with E-state index in [9.17, 15) is 9.18 Å². The lowest BCUT2D eigenvalue weighted by Gasteiger charge is -2.18. The number of halogens is 1. The van der Waals surface area contributed by atoms with Crippen LogP contribution in [0.2, 0.25) is 0 Å². The standard InChI is InChI=1S/C20H20FN3O3/c1-11-6-17(16-4-3-14(21)8-18(16)22-11)20(25)23-19-10-26-9-13(19)7-15-5-12(2)24-27-15/h3-6,8,13,19H,7,9-10H2,1-2H3,(H,23,25)/t13-,19+/m0/s1. The van der Waals surface area contributed by atoms with Crippen LogP contribution in [0.4, 0.5) is 4.39 Å². The van der Waals surface area contributed by atoms with Crippen molar-refractivity contribution in [2.75, 3.05) is 13.2 Å². The summed E-state index contributed by atoms with van der Waals surface area (Å²) in [5.41, 5.74) is 2.44. The molecule has 0 aliphatic carbocycles. The Kier molecular flexibility index (Phi) is 4.61. The molecule has 1 aromatic carbocycles. The fraction of sp³-hybridized carbons (Fsp3) is 0.350. The fourth-order valence-corrected chi connectivity index (χ4v) is 3.50. The van der Waals surface area contributed by atoms with Crippen LogP contribution in [0.25, 0.3) is 10.9 Å². The lowest BCUT2D eigenvalue weighted by molar-refractivity contribution is 0.0926. The summed E-state index contributed by atoms with van der Waals surface area (Å²) in [6.45, 7) is 4.65. The van der Waals surface area contributed by atoms with E-state index in [4.69, 9.17) is 9.26 Å². The van der Waals surface area contributed by atoms with Gasteiger partial charge in [0.25, 0.3) is 5.91 Å². The molecule has 0 saturated carbocycles. The van der Waals surface area contributed by atoms with Crippen molar-refractivity contribution in [1.82, 2.24) is 15.5 Å². The second-order valence-corrected chi connectivity index (χ2v) is 6.99. The highest BCUT2D eigenvalue weighted by Crippen LogP contribution is 2.23. The van der Waals surface area contributed by atoms with E-state index < -0.39 is 0 Å². The molecule has 0 bridgehead atoms. The Morgan fingerprint density at radius 1 is 1.22 bits per heavy atom. The van der Waals surface area contributed by atoms with Crippen LogP contribution < -0.4 is 5.32 Å². The van der Waals surface area contributed by atoms with Crippen molar-refractivity contribution < 1.29 is 18.4 Å². The summed E-state index contributed by atoms with van der Waals surface area (Å²) in [6, 6.07) is 7.75. The third-order valence-electron chi connectivity index (χ3n) is 4.80. The van der Waals surface area contributed by atoms with Gasteiger partial charge in [-0.25, -0.2) is 4.39 Å². The summed E-state index contributed by atoms with van der Waals surface area (Å²) in [6.07, 6.45) is 0.646. The molecule has 2 aromatic heterocycles. The first-order valence-corrected chi connectivity index (χ1v) is 8.87. The van der Waals surface area contributed by atoms with Gasteiger partial charge in [-0.3, -0.25) is 9.78 Å². The SMILES string of the molecule is Cc1cc(C[C@H]2COC[C@H]2NC(=O)c2cc(C)nc3cc(F)ccc23)on1. The fourth-order valence-electron chi connectivity index (χ4n) is 3.50. The third kappa shape index (κ3) is 3.68. The molecule has 1 fully saturated rings. The zero-order valence-corrected chi connectivity index (χ0v) is 15.2. The Morgan fingerprint density at radius 3 is 2.85 bits per heavy atom. The van der Waals surface area contributed by atoms with E-state index in [0.29, 0.717) is 41.8 Å². The van der Waals surface area contributed by atoms with Crippen molar-refractivity contribution in [3.63, 3.8) is 0 Å². The quantitative estimate of drug-likeness (QED) is 0.765. The summed E-state index contributed by atoms with van der Waals surface area (Å²) in [5, 5.41) is 7.59. The van der Waals surface area contributed by atoms with Gasteiger partial charge in [-0.05, 0) is 32.0 Å². The Hall–Kier alpha value is -2.80. The monoisotopic (exact) mass is 369 g/mol. The average molecular weight is 369 g/mol. The minimum Gasteiger partial charge on any atom is -0.379 e. The lowest BCUT2D eigenvalue weighted by Crippen LogP contribution is -2.40. The number of nitrogens with one attached hydrogen (secondary N) is 1. The molecule has 3 aromatic rings. The lowest BCUT2D eigenvalue weighted by atomic mass is 9.97. The number of carbonyl (C=O) groups is 1. The van der Waals surface area contributed by atoms with Crippen molar-refractivity contribution in [3.8, 4) is 0 Å². The third-order valence-corrected chi connectivity index (χ3v) is 4.80. The van der Waals surface area contributed by atoms with Crippen LogP contribution in [0, 0.1) is 25.6 Å². The van der Waals surface area contributed by atoms with Crippen molar-refractivity contribution in [1.29, 1.82) is 0 Å². The van der Waals surface area contributed by atoms with Gasteiger partial charge in [0.1, 0.15) is 11.6 Å². The highest BCUT2D eigenvalue weighted by Gasteiger charge is 2.31. The van der Waals surface area contributed by atoms with Crippen LogP contribution >= 0.6 is 0 Å². The molecule has 1 N–H and O–H groups in total. The number of pyridine rings is 1. The van der Waals surface area contributed by atoms with Crippen LogP contribution in [0.1, 0.15) is 27.5 Å². The predicted octanol–water partition coefficient (Wildman–Crippen LogP) is 2.97. The number of hydrogen-bond donors (Lipinski definition) is 1. The smallest absolute Gasteiger partial charge is 0.252 e. The van der Waals surface area contributed by atoms with Gasteiger partial charge in [-0.1, -0.05) is 5.16 Å².